The molecule has 8 rings (SSSR count). The summed E-state index contributed by atoms with van der Waals surface area (Å²) in [6, 6.07) is 10.7. The maximum atomic E-state index is 12.5. The summed E-state index contributed by atoms with van der Waals surface area (Å²) >= 11 is 6.96. The molecule has 1 aromatic carbocycles. The van der Waals surface area contributed by atoms with Crippen molar-refractivity contribution in [3.63, 3.8) is 0 Å². The van der Waals surface area contributed by atoms with Crippen LogP contribution < -0.4 is 9.47 Å². The molecule has 5 aliphatic rings. The van der Waals surface area contributed by atoms with Gasteiger partial charge in [-0.05, 0) is 107 Å². The average Bonchev–Trinajstić information content (AvgIpc) is 3.94. The number of likely N-dealkylation sites (tertiary alicyclic amines) is 1. The Bertz CT molecular complexity index is 1890. The average molecular weight is 889 g/mol. The second-order valence-corrected chi connectivity index (χ2v) is 20.7. The van der Waals surface area contributed by atoms with Gasteiger partial charge in [-0.3, -0.25) is 14.4 Å². The molecule has 5 atom stereocenters. The minimum Gasteiger partial charge on any atom is -0.492 e. The highest BCUT2D eigenvalue weighted by Gasteiger charge is 2.51. The maximum absolute atomic E-state index is 12.5. The Kier molecular flexibility index (Phi) is 14.8. The van der Waals surface area contributed by atoms with Crippen molar-refractivity contribution in [1.29, 1.82) is 0 Å². The molecule has 5 aliphatic heterocycles. The Morgan fingerprint density at radius 3 is 2.34 bits per heavy atom. The van der Waals surface area contributed by atoms with Crippen molar-refractivity contribution in [2.24, 2.45) is 0 Å². The Balaban J connectivity index is 0.845. The molecule has 0 saturated carbocycles. The second kappa shape index (κ2) is 20.3. The molecule has 7 heterocycles. The normalized spacial score (nSPS) is 25.7. The predicted octanol–water partition coefficient (Wildman–Crippen LogP) is 5.46. The third-order valence-electron chi connectivity index (χ3n) is 12.0. The first-order valence-electron chi connectivity index (χ1n) is 22.0. The summed E-state index contributed by atoms with van der Waals surface area (Å²) in [6.07, 6.45) is 8.12. The van der Waals surface area contributed by atoms with Gasteiger partial charge in [0, 0.05) is 50.9 Å². The van der Waals surface area contributed by atoms with Gasteiger partial charge in [-0.2, -0.15) is 4.98 Å². The standard InChI is InChI=1S/C44H64ClN6O9S/c1-44(2,3)60-43(52)50-19-17-49(18-20-50)31-13-15-48(16-14-31)21-23-54-32-11-9-30(10-12-32)38-33(45)26-34-41(46-38)47-42(51(34)29-53-24-25-61(4)5)59-36-28-57-39-35(27-56-40(36)39)58-37-8-6-7-22-55-37/h9-12,26,31,35-37,39-40H,6-8,13-25,27-29H2,1-5H3/q+1/t35-,36-,37?,39-,40-/m1/s1. The van der Waals surface area contributed by atoms with E-state index in [9.17, 15) is 4.79 Å². The van der Waals surface area contributed by atoms with Crippen molar-refractivity contribution in [2.75, 3.05) is 97.1 Å². The van der Waals surface area contributed by atoms with E-state index in [1.54, 1.807) is 0 Å². The molecule has 0 spiro atoms. The number of hydrogen-bond donors (Lipinski definition) is 0. The first-order valence-corrected chi connectivity index (χ1v) is 24.6. The van der Waals surface area contributed by atoms with Crippen LogP contribution >= 0.6 is 11.6 Å². The van der Waals surface area contributed by atoms with Gasteiger partial charge in [-0.25, -0.2) is 9.78 Å². The van der Waals surface area contributed by atoms with Crippen molar-refractivity contribution in [2.45, 2.75) is 102 Å². The zero-order valence-electron chi connectivity index (χ0n) is 36.4. The van der Waals surface area contributed by atoms with Crippen LogP contribution in [0.5, 0.6) is 11.8 Å². The van der Waals surface area contributed by atoms with E-state index in [2.05, 4.69) is 22.3 Å². The van der Waals surface area contributed by atoms with Crippen LogP contribution in [0.2, 0.25) is 5.02 Å². The molecule has 0 aliphatic carbocycles. The van der Waals surface area contributed by atoms with E-state index in [0.29, 0.717) is 54.8 Å². The molecule has 0 N–H and O–H groups in total. The van der Waals surface area contributed by atoms with E-state index in [1.165, 1.54) is 0 Å². The van der Waals surface area contributed by atoms with Crippen LogP contribution in [-0.2, 0) is 46.0 Å². The fourth-order valence-electron chi connectivity index (χ4n) is 8.70. The molecule has 1 unspecified atom stereocenters. The van der Waals surface area contributed by atoms with Gasteiger partial charge in [0.05, 0.1) is 48.6 Å². The first kappa shape index (κ1) is 44.7. The van der Waals surface area contributed by atoms with Crippen LogP contribution in [0.4, 0.5) is 4.79 Å². The van der Waals surface area contributed by atoms with Crippen molar-refractivity contribution in [3.05, 3.63) is 35.4 Å². The Labute approximate surface area is 367 Å². The highest BCUT2D eigenvalue weighted by molar-refractivity contribution is 7.95. The predicted molar refractivity (Wildman–Crippen MR) is 235 cm³/mol. The molecule has 5 fully saturated rings. The number of nitrogens with zero attached hydrogens (tertiary/aromatic N) is 6. The number of amides is 1. The molecular weight excluding hydrogens is 824 g/mol. The van der Waals surface area contributed by atoms with Gasteiger partial charge in [-0.1, -0.05) is 11.6 Å². The topological polar surface area (TPSA) is 131 Å². The molecule has 5 saturated heterocycles. The molecule has 61 heavy (non-hydrogen) atoms. The summed E-state index contributed by atoms with van der Waals surface area (Å²) in [6.45, 7) is 14.8. The van der Waals surface area contributed by atoms with Gasteiger partial charge in [0.25, 0.3) is 0 Å². The number of aromatic nitrogens is 3. The van der Waals surface area contributed by atoms with E-state index in [-0.39, 0.29) is 54.4 Å². The van der Waals surface area contributed by atoms with E-state index in [1.807, 2.05) is 60.6 Å². The molecule has 2 aromatic heterocycles. The van der Waals surface area contributed by atoms with Crippen molar-refractivity contribution >= 4 is 39.8 Å². The fraction of sp³-hybridized carbons (Fsp3) is 0.705. The van der Waals surface area contributed by atoms with Crippen molar-refractivity contribution < 1.29 is 42.7 Å². The number of carbonyl (C=O) groups is 1. The summed E-state index contributed by atoms with van der Waals surface area (Å²) in [5.74, 6) is 1.76. The molecule has 17 heteroatoms. The van der Waals surface area contributed by atoms with Gasteiger partial charge in [0.1, 0.15) is 48.8 Å². The van der Waals surface area contributed by atoms with Crippen molar-refractivity contribution in [3.8, 4) is 23.0 Å². The molecule has 336 valence electrons. The van der Waals surface area contributed by atoms with Gasteiger partial charge < -0.3 is 42.8 Å². The number of pyridine rings is 1. The second-order valence-electron chi connectivity index (χ2n) is 17.9. The van der Waals surface area contributed by atoms with Gasteiger partial charge in [-0.15, -0.1) is 0 Å². The minimum absolute atomic E-state index is 0.208. The Morgan fingerprint density at radius 1 is 0.902 bits per heavy atom. The number of piperidine rings is 1. The monoisotopic (exact) mass is 887 g/mol. The summed E-state index contributed by atoms with van der Waals surface area (Å²) < 4.78 is 50.8. The van der Waals surface area contributed by atoms with Gasteiger partial charge in [0.2, 0.25) is 0 Å². The van der Waals surface area contributed by atoms with E-state index < -0.39 is 5.60 Å². The minimum atomic E-state index is -0.471. The number of carbonyl (C=O) groups excluding carboxylic acids is 1. The highest BCUT2D eigenvalue weighted by Crippen LogP contribution is 2.36. The van der Waals surface area contributed by atoms with Crippen LogP contribution in [-0.4, -0.2) is 175 Å². The number of piperazine rings is 1. The molecule has 0 bridgehead atoms. The highest BCUT2D eigenvalue weighted by atomic mass is 35.5. The van der Waals surface area contributed by atoms with Crippen LogP contribution in [0.3, 0.4) is 0 Å². The number of ether oxygens (including phenoxy) is 8. The number of imidazole rings is 1. The summed E-state index contributed by atoms with van der Waals surface area (Å²) in [4.78, 5) is 29.2. The zero-order chi connectivity index (χ0) is 42.5. The van der Waals surface area contributed by atoms with Crippen LogP contribution in [0, 0.1) is 0 Å². The lowest BCUT2D eigenvalue weighted by atomic mass is 10.0. The molecular formula is C44H64ClN6O9S+. The van der Waals surface area contributed by atoms with Crippen LogP contribution in [0.25, 0.3) is 22.4 Å². The SMILES string of the molecule is C[S+](C)CCOCn1c(O[C@@H]2CO[C@H]3[C@@H]2OC[C@H]3OC2CCCCO2)nc2nc(-c3ccc(OCCN4CCC(N5CCN(C(=O)OC(C)(C)C)CC5)CC4)cc3)c(Cl)cc21. The number of hydrogen-bond acceptors (Lipinski definition) is 13. The lowest BCUT2D eigenvalue weighted by molar-refractivity contribution is -0.202. The quantitative estimate of drug-likeness (QED) is 0.142. The third-order valence-corrected chi connectivity index (χ3v) is 13.3. The summed E-state index contributed by atoms with van der Waals surface area (Å²) in [5, 5.41) is 0.499. The molecule has 1 amide bonds. The first-order chi connectivity index (χ1) is 29.5. The largest absolute Gasteiger partial charge is 0.492 e. The summed E-state index contributed by atoms with van der Waals surface area (Å²) in [7, 11) is 0.258. The van der Waals surface area contributed by atoms with E-state index in [0.717, 1.165) is 107 Å². The Hall–Kier alpha value is -2.93. The Morgan fingerprint density at radius 2 is 1.64 bits per heavy atom. The number of halogens is 1. The lowest BCUT2D eigenvalue weighted by Crippen LogP contribution is -2.55. The molecule has 15 nitrogen and oxygen atoms in total. The van der Waals surface area contributed by atoms with E-state index in [4.69, 9.17) is 59.5 Å². The van der Waals surface area contributed by atoms with Gasteiger partial charge >= 0.3 is 12.1 Å². The van der Waals surface area contributed by atoms with E-state index >= 15 is 0 Å². The van der Waals surface area contributed by atoms with Crippen LogP contribution in [0.15, 0.2) is 30.3 Å². The van der Waals surface area contributed by atoms with Crippen LogP contribution in [0.1, 0.15) is 52.9 Å². The number of fused-ring (bicyclic) bond motifs is 2. The lowest BCUT2D eigenvalue weighted by Gasteiger charge is -2.42. The molecule has 0 radical (unpaired) electrons. The number of benzene rings is 1. The fourth-order valence-corrected chi connectivity index (χ4v) is 9.41. The third kappa shape index (κ3) is 11.4. The zero-order valence-corrected chi connectivity index (χ0v) is 38.0. The summed E-state index contributed by atoms with van der Waals surface area (Å²) in [5.41, 5.74) is 2.25. The smallest absolute Gasteiger partial charge is 0.410 e. The maximum Gasteiger partial charge on any atom is 0.410 e. The molecule has 3 aromatic rings. The van der Waals surface area contributed by atoms with Crippen molar-refractivity contribution in [1.82, 2.24) is 29.2 Å². The van der Waals surface area contributed by atoms with Gasteiger partial charge in [0.15, 0.2) is 18.0 Å². The number of rotatable bonds is 15.